The number of anilines is 1. The monoisotopic (exact) mass is 507 g/mol. The van der Waals surface area contributed by atoms with Gasteiger partial charge in [-0.1, -0.05) is 47.5 Å². The van der Waals surface area contributed by atoms with E-state index in [1.165, 1.54) is 20.5 Å². The van der Waals surface area contributed by atoms with Crippen LogP contribution in [0.3, 0.4) is 0 Å². The van der Waals surface area contributed by atoms with Gasteiger partial charge in [0, 0.05) is 15.6 Å². The Kier molecular flexibility index (Phi) is 6.38. The molecule has 5 rings (SSSR count). The van der Waals surface area contributed by atoms with Crippen LogP contribution in [0.4, 0.5) is 5.69 Å². The van der Waals surface area contributed by atoms with Crippen LogP contribution >= 0.6 is 22.9 Å². The predicted octanol–water partition coefficient (Wildman–Crippen LogP) is 5.06. The van der Waals surface area contributed by atoms with Crippen LogP contribution < -0.4 is 16.6 Å². The van der Waals surface area contributed by atoms with Gasteiger partial charge in [-0.2, -0.15) is 0 Å². The highest BCUT2D eigenvalue weighted by Crippen LogP contribution is 2.34. The number of amides is 1. The molecule has 0 bridgehead atoms. The number of halogens is 1. The van der Waals surface area contributed by atoms with Crippen LogP contribution in [0.2, 0.25) is 5.02 Å². The van der Waals surface area contributed by atoms with E-state index in [0.29, 0.717) is 26.5 Å². The molecular formula is C27H26ClN3O3S. The van der Waals surface area contributed by atoms with Gasteiger partial charge in [-0.15, -0.1) is 11.3 Å². The fourth-order valence-corrected chi connectivity index (χ4v) is 6.35. The molecule has 0 spiro atoms. The third-order valence-corrected chi connectivity index (χ3v) is 8.25. The fourth-order valence-electron chi connectivity index (χ4n) is 4.78. The molecule has 1 amide bonds. The summed E-state index contributed by atoms with van der Waals surface area (Å²) in [7, 11) is 0. The number of rotatable bonds is 5. The first-order chi connectivity index (χ1) is 16.8. The van der Waals surface area contributed by atoms with E-state index < -0.39 is 5.69 Å². The Hall–Kier alpha value is -3.16. The predicted molar refractivity (Wildman–Crippen MR) is 142 cm³/mol. The SMILES string of the molecule is Cc1ccc(NC(=O)Cn2c(=O)n(Cc3ccccc3Cl)c(=O)c3c4c(sc32)CCCC4)c(C)c1. The van der Waals surface area contributed by atoms with Gasteiger partial charge in [0.1, 0.15) is 11.4 Å². The lowest BCUT2D eigenvalue weighted by molar-refractivity contribution is -0.116. The minimum atomic E-state index is -0.503. The molecule has 0 radical (unpaired) electrons. The van der Waals surface area contributed by atoms with Crippen LogP contribution in [0.15, 0.2) is 52.1 Å². The lowest BCUT2D eigenvalue weighted by atomic mass is 9.97. The lowest BCUT2D eigenvalue weighted by Crippen LogP contribution is -2.41. The Morgan fingerprint density at radius 2 is 1.83 bits per heavy atom. The molecule has 0 unspecified atom stereocenters. The highest BCUT2D eigenvalue weighted by atomic mass is 35.5. The number of fused-ring (bicyclic) bond motifs is 3. The van der Waals surface area contributed by atoms with Gasteiger partial charge < -0.3 is 5.32 Å². The summed E-state index contributed by atoms with van der Waals surface area (Å²) in [5, 5.41) is 3.99. The Morgan fingerprint density at radius 1 is 1.06 bits per heavy atom. The Bertz CT molecular complexity index is 1580. The van der Waals surface area contributed by atoms with Gasteiger partial charge in [0.2, 0.25) is 5.91 Å². The summed E-state index contributed by atoms with van der Waals surface area (Å²) in [5.41, 5.74) is 3.66. The van der Waals surface area contributed by atoms with Crippen molar-refractivity contribution in [1.29, 1.82) is 0 Å². The minimum Gasteiger partial charge on any atom is -0.324 e. The summed E-state index contributed by atoms with van der Waals surface area (Å²) < 4.78 is 2.67. The summed E-state index contributed by atoms with van der Waals surface area (Å²) in [4.78, 5) is 42.1. The summed E-state index contributed by atoms with van der Waals surface area (Å²) in [5.74, 6) is -0.310. The van der Waals surface area contributed by atoms with Crippen molar-refractivity contribution in [2.45, 2.75) is 52.6 Å². The van der Waals surface area contributed by atoms with Crippen molar-refractivity contribution in [3.63, 3.8) is 0 Å². The number of aromatic nitrogens is 2. The normalized spacial score (nSPS) is 13.1. The third-order valence-electron chi connectivity index (χ3n) is 6.56. The van der Waals surface area contributed by atoms with Gasteiger partial charge in [0.05, 0.1) is 11.9 Å². The van der Waals surface area contributed by atoms with Gasteiger partial charge in [0.25, 0.3) is 5.56 Å². The number of aryl methyl sites for hydroxylation is 4. The molecule has 35 heavy (non-hydrogen) atoms. The summed E-state index contributed by atoms with van der Waals surface area (Å²) in [6, 6.07) is 13.0. The lowest BCUT2D eigenvalue weighted by Gasteiger charge is -2.14. The number of benzene rings is 2. The van der Waals surface area contributed by atoms with E-state index in [1.807, 2.05) is 44.2 Å². The van der Waals surface area contributed by atoms with Crippen molar-refractivity contribution in [3.05, 3.63) is 95.5 Å². The molecule has 2 aromatic carbocycles. The number of thiophene rings is 1. The quantitative estimate of drug-likeness (QED) is 0.410. The third kappa shape index (κ3) is 4.46. The first-order valence-corrected chi connectivity index (χ1v) is 12.9. The average Bonchev–Trinajstić information content (AvgIpc) is 3.22. The Morgan fingerprint density at radius 3 is 2.60 bits per heavy atom. The smallest absolute Gasteiger partial charge is 0.324 e. The van der Waals surface area contributed by atoms with E-state index in [4.69, 9.17) is 11.6 Å². The second-order valence-corrected chi connectivity index (χ2v) is 10.6. The standard InChI is InChI=1S/C27H26ClN3O3S/c1-16-11-12-21(17(2)13-16)29-23(32)15-31-26-24(19-8-4-6-10-22(19)35-26)25(33)30(27(31)34)14-18-7-3-5-9-20(18)28/h3,5,7,9,11-13H,4,6,8,10,14-15H2,1-2H3,(H,29,32). The molecule has 0 atom stereocenters. The van der Waals surface area contributed by atoms with Crippen molar-refractivity contribution < 1.29 is 4.79 Å². The van der Waals surface area contributed by atoms with Gasteiger partial charge in [-0.05, 0) is 68.4 Å². The minimum absolute atomic E-state index is 0.0522. The number of carbonyl (C=O) groups is 1. The summed E-state index contributed by atoms with van der Waals surface area (Å²) in [6.45, 7) is 3.81. The topological polar surface area (TPSA) is 73.1 Å². The molecule has 1 aliphatic rings. The Balaban J connectivity index is 1.62. The molecule has 4 aromatic rings. The van der Waals surface area contributed by atoms with Crippen molar-refractivity contribution in [3.8, 4) is 0 Å². The molecule has 1 aliphatic carbocycles. The second-order valence-electron chi connectivity index (χ2n) is 9.11. The zero-order valence-corrected chi connectivity index (χ0v) is 21.3. The molecule has 0 saturated carbocycles. The highest BCUT2D eigenvalue weighted by Gasteiger charge is 2.25. The van der Waals surface area contributed by atoms with E-state index in [2.05, 4.69) is 5.32 Å². The van der Waals surface area contributed by atoms with Gasteiger partial charge >= 0.3 is 5.69 Å². The molecule has 1 N–H and O–H groups in total. The molecule has 2 heterocycles. The first-order valence-electron chi connectivity index (χ1n) is 11.7. The molecule has 6 nitrogen and oxygen atoms in total. The van der Waals surface area contributed by atoms with Crippen LogP contribution in [0.1, 0.15) is 40.0 Å². The maximum Gasteiger partial charge on any atom is 0.332 e. The zero-order chi connectivity index (χ0) is 24.7. The number of carbonyl (C=O) groups excluding carboxylic acids is 1. The molecule has 0 saturated heterocycles. The molecule has 0 fully saturated rings. The van der Waals surface area contributed by atoms with E-state index in [-0.39, 0.29) is 24.6 Å². The number of hydrogen-bond acceptors (Lipinski definition) is 4. The molecule has 180 valence electrons. The van der Waals surface area contributed by atoms with Gasteiger partial charge in [-0.25, -0.2) is 4.79 Å². The van der Waals surface area contributed by atoms with Crippen LogP contribution in [0, 0.1) is 13.8 Å². The van der Waals surface area contributed by atoms with Crippen molar-refractivity contribution in [2.75, 3.05) is 5.32 Å². The zero-order valence-electron chi connectivity index (χ0n) is 19.7. The molecular weight excluding hydrogens is 482 g/mol. The average molecular weight is 508 g/mol. The molecule has 2 aromatic heterocycles. The summed E-state index contributed by atoms with van der Waals surface area (Å²) in [6.07, 6.45) is 3.77. The largest absolute Gasteiger partial charge is 0.332 e. The van der Waals surface area contributed by atoms with Crippen LogP contribution in [-0.2, 0) is 30.7 Å². The highest BCUT2D eigenvalue weighted by molar-refractivity contribution is 7.18. The van der Waals surface area contributed by atoms with E-state index >= 15 is 0 Å². The van der Waals surface area contributed by atoms with Gasteiger partial charge in [0.15, 0.2) is 0 Å². The second kappa shape index (κ2) is 9.47. The number of hydrogen-bond donors (Lipinski definition) is 1. The van der Waals surface area contributed by atoms with E-state index in [9.17, 15) is 14.4 Å². The first kappa shape index (κ1) is 23.6. The van der Waals surface area contributed by atoms with Crippen LogP contribution in [0.25, 0.3) is 10.2 Å². The summed E-state index contributed by atoms with van der Waals surface area (Å²) >= 11 is 7.82. The number of nitrogens with one attached hydrogen (secondary N) is 1. The van der Waals surface area contributed by atoms with Gasteiger partial charge in [-0.3, -0.25) is 18.7 Å². The maximum absolute atomic E-state index is 13.6. The fraction of sp³-hybridized carbons (Fsp3) is 0.296. The van der Waals surface area contributed by atoms with E-state index in [0.717, 1.165) is 47.3 Å². The van der Waals surface area contributed by atoms with Crippen molar-refractivity contribution in [1.82, 2.24) is 9.13 Å². The van der Waals surface area contributed by atoms with Crippen molar-refractivity contribution in [2.24, 2.45) is 0 Å². The van der Waals surface area contributed by atoms with Crippen LogP contribution in [-0.4, -0.2) is 15.0 Å². The number of nitrogens with zero attached hydrogens (tertiary/aromatic N) is 2. The maximum atomic E-state index is 13.6. The molecule has 0 aliphatic heterocycles. The Labute approximate surface area is 211 Å². The van der Waals surface area contributed by atoms with Crippen molar-refractivity contribution >= 4 is 44.7 Å². The molecule has 8 heteroatoms. The van der Waals surface area contributed by atoms with E-state index in [1.54, 1.807) is 12.1 Å². The van der Waals surface area contributed by atoms with Crippen LogP contribution in [0.5, 0.6) is 0 Å².